The summed E-state index contributed by atoms with van der Waals surface area (Å²) in [6.07, 6.45) is 1.75. The third-order valence-electron chi connectivity index (χ3n) is 1.11. The molecule has 0 unspecified atom stereocenters. The third-order valence-corrected chi connectivity index (χ3v) is 1.11. The van der Waals surface area contributed by atoms with Crippen LogP contribution in [-0.4, -0.2) is 24.1 Å². The van der Waals surface area contributed by atoms with Gasteiger partial charge in [-0.05, 0) is 27.7 Å². The molecular weight excluding hydrogens is 196 g/mol. The molecule has 0 saturated heterocycles. The SMILES string of the molecule is CC(C)OC(=O)C=C=CC(=O)OC(C)C. The summed E-state index contributed by atoms with van der Waals surface area (Å²) in [6.45, 7) is 6.95. The van der Waals surface area contributed by atoms with E-state index in [1.54, 1.807) is 27.7 Å². The predicted octanol–water partition coefficient (Wildman–Crippen LogP) is 1.60. The second kappa shape index (κ2) is 6.85. The minimum absolute atomic E-state index is 0.182. The van der Waals surface area contributed by atoms with E-state index < -0.39 is 11.9 Å². The quantitative estimate of drug-likeness (QED) is 0.403. The van der Waals surface area contributed by atoms with Crippen LogP contribution in [0.3, 0.4) is 0 Å². The van der Waals surface area contributed by atoms with Gasteiger partial charge in [0, 0.05) is 0 Å². The van der Waals surface area contributed by atoms with Crippen LogP contribution in [0.15, 0.2) is 17.9 Å². The Bertz CT molecular complexity index is 257. The van der Waals surface area contributed by atoms with Crippen molar-refractivity contribution < 1.29 is 19.1 Å². The largest absolute Gasteiger partial charge is 0.459 e. The summed E-state index contributed by atoms with van der Waals surface area (Å²) in [7, 11) is 0. The average molecular weight is 212 g/mol. The topological polar surface area (TPSA) is 52.6 Å². The van der Waals surface area contributed by atoms with Gasteiger partial charge in [0.2, 0.25) is 0 Å². The lowest BCUT2D eigenvalue weighted by Crippen LogP contribution is -2.09. The number of esters is 2. The second-order valence-corrected chi connectivity index (χ2v) is 3.43. The van der Waals surface area contributed by atoms with Gasteiger partial charge >= 0.3 is 11.9 Å². The molecule has 0 fully saturated rings. The molecule has 4 heteroatoms. The van der Waals surface area contributed by atoms with E-state index in [2.05, 4.69) is 5.73 Å². The minimum atomic E-state index is -0.529. The molecule has 0 N–H and O–H groups in total. The van der Waals surface area contributed by atoms with Gasteiger partial charge < -0.3 is 9.47 Å². The average Bonchev–Trinajstić information content (AvgIpc) is 2.00. The molecular formula is C11H16O4. The Morgan fingerprint density at radius 1 is 0.933 bits per heavy atom. The Morgan fingerprint density at radius 2 is 1.27 bits per heavy atom. The summed E-state index contributed by atoms with van der Waals surface area (Å²) in [5.41, 5.74) is 2.40. The Hall–Kier alpha value is -1.54. The molecule has 0 bridgehead atoms. The first-order valence-electron chi connectivity index (χ1n) is 4.75. The lowest BCUT2D eigenvalue weighted by Gasteiger charge is -2.03. The maximum absolute atomic E-state index is 10.9. The van der Waals surface area contributed by atoms with Crippen molar-refractivity contribution in [2.45, 2.75) is 39.9 Å². The van der Waals surface area contributed by atoms with Crippen molar-refractivity contribution in [3.63, 3.8) is 0 Å². The second-order valence-electron chi connectivity index (χ2n) is 3.43. The van der Waals surface area contributed by atoms with E-state index in [1.807, 2.05) is 0 Å². The van der Waals surface area contributed by atoms with Crippen molar-refractivity contribution in [3.8, 4) is 0 Å². The van der Waals surface area contributed by atoms with Gasteiger partial charge in [-0.3, -0.25) is 0 Å². The molecule has 84 valence electrons. The molecule has 0 aliphatic heterocycles. The van der Waals surface area contributed by atoms with Gasteiger partial charge in [-0.1, -0.05) is 0 Å². The van der Waals surface area contributed by atoms with Crippen LogP contribution >= 0.6 is 0 Å². The molecule has 0 spiro atoms. The number of carbonyl (C=O) groups is 2. The molecule has 0 rings (SSSR count). The standard InChI is InChI=1S/C11H16O4/c1-8(2)14-10(12)6-5-7-11(13)15-9(3)4/h6-9H,1-4H3. The van der Waals surface area contributed by atoms with E-state index in [0.717, 1.165) is 12.2 Å². The number of carbonyl (C=O) groups excluding carboxylic acids is 2. The summed E-state index contributed by atoms with van der Waals surface area (Å²) in [5.74, 6) is -1.06. The van der Waals surface area contributed by atoms with Crippen molar-refractivity contribution in [1.82, 2.24) is 0 Å². The highest BCUT2D eigenvalue weighted by molar-refractivity contribution is 5.85. The van der Waals surface area contributed by atoms with E-state index in [-0.39, 0.29) is 12.2 Å². The van der Waals surface area contributed by atoms with Crippen molar-refractivity contribution in [2.75, 3.05) is 0 Å². The molecule has 0 saturated carbocycles. The number of ether oxygens (including phenoxy) is 2. The van der Waals surface area contributed by atoms with Gasteiger partial charge in [0.1, 0.15) is 0 Å². The zero-order valence-electron chi connectivity index (χ0n) is 9.44. The maximum Gasteiger partial charge on any atom is 0.338 e. The summed E-state index contributed by atoms with van der Waals surface area (Å²) >= 11 is 0. The molecule has 0 aliphatic rings. The van der Waals surface area contributed by atoms with Crippen molar-refractivity contribution in [3.05, 3.63) is 17.9 Å². The van der Waals surface area contributed by atoms with Crippen LogP contribution in [0.4, 0.5) is 0 Å². The molecule has 0 aromatic heterocycles. The highest BCUT2D eigenvalue weighted by Crippen LogP contribution is 1.91. The molecule has 0 aliphatic carbocycles. The van der Waals surface area contributed by atoms with Crippen LogP contribution in [0.25, 0.3) is 0 Å². The van der Waals surface area contributed by atoms with E-state index in [4.69, 9.17) is 9.47 Å². The first-order valence-corrected chi connectivity index (χ1v) is 4.75. The normalized spacial score (nSPS) is 9.47. The highest BCUT2D eigenvalue weighted by Gasteiger charge is 2.00. The van der Waals surface area contributed by atoms with Crippen LogP contribution in [0.1, 0.15) is 27.7 Å². The Labute approximate surface area is 89.6 Å². The zero-order valence-corrected chi connectivity index (χ0v) is 9.44. The fraction of sp³-hybridized carbons (Fsp3) is 0.545. The van der Waals surface area contributed by atoms with E-state index in [9.17, 15) is 9.59 Å². The van der Waals surface area contributed by atoms with Crippen molar-refractivity contribution in [1.29, 1.82) is 0 Å². The smallest absolute Gasteiger partial charge is 0.338 e. The fourth-order valence-corrected chi connectivity index (χ4v) is 0.710. The minimum Gasteiger partial charge on any atom is -0.459 e. The monoisotopic (exact) mass is 212 g/mol. The first-order chi connectivity index (χ1) is 6.91. The number of rotatable bonds is 4. The molecule has 0 atom stereocenters. The van der Waals surface area contributed by atoms with Gasteiger partial charge in [-0.2, -0.15) is 0 Å². The van der Waals surface area contributed by atoms with Crippen LogP contribution in [0.2, 0.25) is 0 Å². The number of hydrogen-bond donors (Lipinski definition) is 0. The summed E-state index contributed by atoms with van der Waals surface area (Å²) in [6, 6.07) is 0. The first kappa shape index (κ1) is 13.5. The highest BCUT2D eigenvalue weighted by atomic mass is 16.5. The van der Waals surface area contributed by atoms with Gasteiger partial charge in [-0.25, -0.2) is 9.59 Å². The number of hydrogen-bond acceptors (Lipinski definition) is 4. The van der Waals surface area contributed by atoms with Gasteiger partial charge in [0.25, 0.3) is 0 Å². The lowest BCUT2D eigenvalue weighted by atomic mass is 10.4. The van der Waals surface area contributed by atoms with E-state index in [1.165, 1.54) is 0 Å². The molecule has 15 heavy (non-hydrogen) atoms. The Kier molecular flexibility index (Phi) is 6.14. The van der Waals surface area contributed by atoms with Gasteiger partial charge in [0.05, 0.1) is 24.4 Å². The lowest BCUT2D eigenvalue weighted by molar-refractivity contribution is -0.141. The molecule has 0 radical (unpaired) electrons. The van der Waals surface area contributed by atoms with Gasteiger partial charge in [0.15, 0.2) is 0 Å². The van der Waals surface area contributed by atoms with Crippen molar-refractivity contribution >= 4 is 11.9 Å². The molecule has 4 nitrogen and oxygen atoms in total. The van der Waals surface area contributed by atoms with Crippen LogP contribution < -0.4 is 0 Å². The summed E-state index contributed by atoms with van der Waals surface area (Å²) < 4.78 is 9.57. The van der Waals surface area contributed by atoms with E-state index in [0.29, 0.717) is 0 Å². The van der Waals surface area contributed by atoms with Crippen molar-refractivity contribution in [2.24, 2.45) is 0 Å². The predicted molar refractivity (Wildman–Crippen MR) is 55.1 cm³/mol. The summed E-state index contributed by atoms with van der Waals surface area (Å²) in [5, 5.41) is 0. The zero-order chi connectivity index (χ0) is 11.8. The Balaban J connectivity index is 4.09. The summed E-state index contributed by atoms with van der Waals surface area (Å²) in [4.78, 5) is 21.9. The maximum atomic E-state index is 10.9. The molecule has 0 aromatic carbocycles. The van der Waals surface area contributed by atoms with Crippen LogP contribution in [-0.2, 0) is 19.1 Å². The van der Waals surface area contributed by atoms with Crippen LogP contribution in [0, 0.1) is 0 Å². The molecule has 0 amide bonds. The van der Waals surface area contributed by atoms with Crippen LogP contribution in [0.5, 0.6) is 0 Å². The molecule has 0 aromatic rings. The Morgan fingerprint density at radius 3 is 1.53 bits per heavy atom. The third kappa shape index (κ3) is 8.78. The van der Waals surface area contributed by atoms with Gasteiger partial charge in [-0.15, -0.1) is 5.73 Å². The molecule has 0 heterocycles. The van der Waals surface area contributed by atoms with E-state index >= 15 is 0 Å². The fourth-order valence-electron chi connectivity index (χ4n) is 0.710.